The molecule has 1 aromatic heterocycles. The second-order valence-electron chi connectivity index (χ2n) is 7.67. The maximum atomic E-state index is 12.7. The first-order valence-electron chi connectivity index (χ1n) is 10.3. The Hall–Kier alpha value is -3.04. The molecule has 2 N–H and O–H groups in total. The van der Waals surface area contributed by atoms with Gasteiger partial charge in [-0.1, -0.05) is 43.3 Å². The molecular weight excluding hydrogens is 462 g/mol. The molecular formula is C23H26ClN5O3S. The molecule has 2 aromatic carbocycles. The molecule has 174 valence electrons. The number of nitrogens with one attached hydrogen (secondary N) is 2. The zero-order valence-corrected chi connectivity index (χ0v) is 20.4. The summed E-state index contributed by atoms with van der Waals surface area (Å²) >= 11 is 7.18. The number of hydrogen-bond donors (Lipinski definition) is 2. The van der Waals surface area contributed by atoms with E-state index in [0.717, 1.165) is 0 Å². The molecule has 0 aliphatic heterocycles. The number of carbonyl (C=O) groups is 2. The van der Waals surface area contributed by atoms with Crippen LogP contribution in [0.2, 0.25) is 5.02 Å². The lowest BCUT2D eigenvalue weighted by Gasteiger charge is -2.21. The van der Waals surface area contributed by atoms with E-state index < -0.39 is 0 Å². The first kappa shape index (κ1) is 24.6. The summed E-state index contributed by atoms with van der Waals surface area (Å²) in [4.78, 5) is 25.1. The molecule has 1 atom stereocenters. The zero-order chi connectivity index (χ0) is 24.0. The number of carbonyl (C=O) groups excluding carboxylic acids is 2. The van der Waals surface area contributed by atoms with E-state index in [9.17, 15) is 9.59 Å². The van der Waals surface area contributed by atoms with E-state index in [2.05, 4.69) is 20.8 Å². The van der Waals surface area contributed by atoms with Crippen molar-refractivity contribution in [3.05, 3.63) is 64.9 Å². The second kappa shape index (κ2) is 11.2. The Bertz CT molecular complexity index is 1120. The van der Waals surface area contributed by atoms with Crippen molar-refractivity contribution in [2.75, 3.05) is 18.2 Å². The van der Waals surface area contributed by atoms with E-state index in [1.807, 2.05) is 27.0 Å². The van der Waals surface area contributed by atoms with Crippen LogP contribution in [0.4, 0.5) is 5.69 Å². The summed E-state index contributed by atoms with van der Waals surface area (Å²) in [5, 5.41) is 15.5. The van der Waals surface area contributed by atoms with Crippen LogP contribution in [0.1, 0.15) is 36.1 Å². The molecule has 0 unspecified atom stereocenters. The largest absolute Gasteiger partial charge is 0.497 e. The predicted molar refractivity (Wildman–Crippen MR) is 130 cm³/mol. The second-order valence-corrected chi connectivity index (χ2v) is 9.05. The Morgan fingerprint density at radius 2 is 1.88 bits per heavy atom. The number of methoxy groups -OCH3 is 1. The Labute approximate surface area is 202 Å². The molecule has 1 heterocycles. The van der Waals surface area contributed by atoms with Crippen LogP contribution in [0.25, 0.3) is 0 Å². The van der Waals surface area contributed by atoms with Crippen LogP contribution in [0.15, 0.2) is 53.7 Å². The summed E-state index contributed by atoms with van der Waals surface area (Å²) in [5.41, 5.74) is 1.17. The minimum Gasteiger partial charge on any atom is -0.497 e. The molecule has 10 heteroatoms. The van der Waals surface area contributed by atoms with Crippen molar-refractivity contribution in [3.63, 3.8) is 0 Å². The van der Waals surface area contributed by atoms with E-state index in [-0.39, 0.29) is 29.5 Å². The van der Waals surface area contributed by atoms with Gasteiger partial charge < -0.3 is 19.9 Å². The van der Waals surface area contributed by atoms with Gasteiger partial charge in [0, 0.05) is 29.4 Å². The van der Waals surface area contributed by atoms with Gasteiger partial charge in [-0.05, 0) is 42.3 Å². The van der Waals surface area contributed by atoms with Crippen molar-refractivity contribution in [1.82, 2.24) is 20.1 Å². The van der Waals surface area contributed by atoms with Gasteiger partial charge in [-0.3, -0.25) is 9.59 Å². The molecule has 2 amide bonds. The van der Waals surface area contributed by atoms with Crippen molar-refractivity contribution in [3.8, 4) is 5.75 Å². The maximum Gasteiger partial charge on any atom is 0.251 e. The van der Waals surface area contributed by atoms with E-state index in [0.29, 0.717) is 33.0 Å². The highest BCUT2D eigenvalue weighted by atomic mass is 35.5. The summed E-state index contributed by atoms with van der Waals surface area (Å²) in [6.45, 7) is 3.99. The van der Waals surface area contributed by atoms with Crippen LogP contribution in [-0.4, -0.2) is 39.4 Å². The minimum absolute atomic E-state index is 0.0679. The number of benzene rings is 2. The number of rotatable bonds is 9. The lowest BCUT2D eigenvalue weighted by atomic mass is 10.0. The molecule has 0 radical (unpaired) electrons. The van der Waals surface area contributed by atoms with Crippen LogP contribution >= 0.6 is 23.4 Å². The molecule has 3 rings (SSSR count). The molecule has 0 fully saturated rings. The Morgan fingerprint density at radius 3 is 2.55 bits per heavy atom. The first-order valence-corrected chi connectivity index (χ1v) is 11.7. The number of thioether (sulfide) groups is 1. The van der Waals surface area contributed by atoms with E-state index in [1.54, 1.807) is 54.1 Å². The fraction of sp³-hybridized carbons (Fsp3) is 0.304. The van der Waals surface area contributed by atoms with Crippen LogP contribution in [0.5, 0.6) is 5.75 Å². The average Bonchev–Trinajstić information content (AvgIpc) is 3.16. The molecule has 3 aromatic rings. The first-order chi connectivity index (χ1) is 15.8. The van der Waals surface area contributed by atoms with Crippen molar-refractivity contribution in [1.29, 1.82) is 0 Å². The predicted octanol–water partition coefficient (Wildman–Crippen LogP) is 4.34. The fourth-order valence-electron chi connectivity index (χ4n) is 3.11. The van der Waals surface area contributed by atoms with Gasteiger partial charge >= 0.3 is 0 Å². The van der Waals surface area contributed by atoms with Gasteiger partial charge in [-0.25, -0.2) is 0 Å². The van der Waals surface area contributed by atoms with Gasteiger partial charge in [0.1, 0.15) is 5.75 Å². The number of anilines is 1. The highest BCUT2D eigenvalue weighted by Gasteiger charge is 2.25. The van der Waals surface area contributed by atoms with Crippen molar-refractivity contribution < 1.29 is 14.3 Å². The number of nitrogens with zero attached hydrogens (tertiary/aromatic N) is 3. The van der Waals surface area contributed by atoms with E-state index >= 15 is 0 Å². The number of amides is 2. The topological polar surface area (TPSA) is 98.1 Å². The van der Waals surface area contributed by atoms with Gasteiger partial charge in [0.15, 0.2) is 11.0 Å². The highest BCUT2D eigenvalue weighted by molar-refractivity contribution is 7.99. The molecule has 0 saturated carbocycles. The van der Waals surface area contributed by atoms with Gasteiger partial charge in [0.05, 0.1) is 18.9 Å². The number of aromatic nitrogens is 3. The maximum absolute atomic E-state index is 12.7. The standard InChI is InChI=1S/C23H26ClN5O3S/c1-14(2)20(26-22(31)15-8-10-16(24)11-9-15)21-27-28-23(29(21)3)33-13-19(30)25-17-6-5-7-18(12-17)32-4/h5-12,14,20H,13H2,1-4H3,(H,25,30)(H,26,31)/t20-/m1/s1. The number of halogens is 1. The molecule has 0 aliphatic rings. The minimum atomic E-state index is -0.356. The lowest BCUT2D eigenvalue weighted by Crippen LogP contribution is -2.33. The van der Waals surface area contributed by atoms with Crippen molar-refractivity contribution in [2.45, 2.75) is 25.0 Å². The average molecular weight is 488 g/mol. The summed E-state index contributed by atoms with van der Waals surface area (Å²) in [6.07, 6.45) is 0. The third-order valence-electron chi connectivity index (χ3n) is 4.89. The van der Waals surface area contributed by atoms with Crippen molar-refractivity contribution in [2.24, 2.45) is 13.0 Å². The molecule has 0 aliphatic carbocycles. The molecule has 33 heavy (non-hydrogen) atoms. The Balaban J connectivity index is 1.65. The molecule has 8 nitrogen and oxygen atoms in total. The van der Waals surface area contributed by atoms with E-state index in [4.69, 9.17) is 16.3 Å². The van der Waals surface area contributed by atoms with Gasteiger partial charge in [-0.2, -0.15) is 0 Å². The normalized spacial score (nSPS) is 11.8. The number of ether oxygens (including phenoxy) is 1. The van der Waals surface area contributed by atoms with Gasteiger partial charge in [0.25, 0.3) is 5.91 Å². The summed E-state index contributed by atoms with van der Waals surface area (Å²) < 4.78 is 6.97. The van der Waals surface area contributed by atoms with Crippen LogP contribution in [0.3, 0.4) is 0 Å². The zero-order valence-electron chi connectivity index (χ0n) is 18.8. The molecule has 0 spiro atoms. The smallest absolute Gasteiger partial charge is 0.251 e. The fourth-order valence-corrected chi connectivity index (χ4v) is 3.95. The highest BCUT2D eigenvalue weighted by Crippen LogP contribution is 2.25. The van der Waals surface area contributed by atoms with Crippen LogP contribution < -0.4 is 15.4 Å². The van der Waals surface area contributed by atoms with Gasteiger partial charge in [0.2, 0.25) is 5.91 Å². The summed E-state index contributed by atoms with van der Waals surface area (Å²) in [6, 6.07) is 13.5. The Kier molecular flexibility index (Phi) is 8.35. The quantitative estimate of drug-likeness (QED) is 0.436. The lowest BCUT2D eigenvalue weighted by molar-refractivity contribution is -0.113. The van der Waals surface area contributed by atoms with Crippen LogP contribution in [0, 0.1) is 5.92 Å². The molecule has 0 bridgehead atoms. The van der Waals surface area contributed by atoms with Crippen molar-refractivity contribution >= 4 is 40.9 Å². The number of hydrogen-bond acceptors (Lipinski definition) is 6. The SMILES string of the molecule is COc1cccc(NC(=O)CSc2nnc([C@H](NC(=O)c3ccc(Cl)cc3)C(C)C)n2C)c1. The third kappa shape index (κ3) is 6.49. The third-order valence-corrected chi connectivity index (χ3v) is 6.16. The van der Waals surface area contributed by atoms with E-state index in [1.165, 1.54) is 11.8 Å². The summed E-state index contributed by atoms with van der Waals surface area (Å²) in [5.74, 6) is 1.11. The Morgan fingerprint density at radius 1 is 1.15 bits per heavy atom. The summed E-state index contributed by atoms with van der Waals surface area (Å²) in [7, 11) is 3.40. The monoisotopic (exact) mass is 487 g/mol. The van der Waals surface area contributed by atoms with Crippen LogP contribution in [-0.2, 0) is 11.8 Å². The molecule has 0 saturated heterocycles. The van der Waals surface area contributed by atoms with Gasteiger partial charge in [-0.15, -0.1) is 10.2 Å².